The van der Waals surface area contributed by atoms with Gasteiger partial charge in [-0.3, -0.25) is 10.8 Å². The Hall–Kier alpha value is -1.81. The number of nitrogens with zero attached hydrogens (tertiary/aromatic N) is 1. The molecule has 0 saturated heterocycles. The van der Waals surface area contributed by atoms with Crippen molar-refractivity contribution in [3.8, 4) is 5.75 Å². The second kappa shape index (κ2) is 4.46. The summed E-state index contributed by atoms with van der Waals surface area (Å²) in [5, 5.41) is 0.963. The molecule has 1 aromatic heterocycles. The molecule has 4 nitrogen and oxygen atoms in total. The first-order chi connectivity index (χ1) is 8.45. The van der Waals surface area contributed by atoms with Crippen LogP contribution in [0.3, 0.4) is 0 Å². The highest BCUT2D eigenvalue weighted by molar-refractivity contribution is 5.92. The minimum Gasteiger partial charge on any atom is -0.497 e. The lowest BCUT2D eigenvalue weighted by molar-refractivity contribution is 0.415. The number of hydrogen-bond donors (Lipinski definition) is 2. The van der Waals surface area contributed by atoms with E-state index in [1.54, 1.807) is 7.11 Å². The van der Waals surface area contributed by atoms with Gasteiger partial charge in [-0.15, -0.1) is 0 Å². The number of nitrogen functional groups attached to an aromatic ring is 1. The molecule has 0 unspecified atom stereocenters. The van der Waals surface area contributed by atoms with Crippen LogP contribution < -0.4 is 16.0 Å². The Morgan fingerprint density at radius 1 is 1.22 bits per heavy atom. The maximum Gasteiger partial charge on any atom is 0.119 e. The van der Waals surface area contributed by atoms with Gasteiger partial charge < -0.3 is 10.2 Å². The van der Waals surface area contributed by atoms with Gasteiger partial charge in [-0.1, -0.05) is 20.8 Å². The summed E-state index contributed by atoms with van der Waals surface area (Å²) in [6.07, 6.45) is 0. The molecule has 1 aromatic carbocycles. The van der Waals surface area contributed by atoms with Crippen molar-refractivity contribution in [1.82, 2.24) is 4.98 Å². The smallest absolute Gasteiger partial charge is 0.119 e. The molecule has 0 spiro atoms. The van der Waals surface area contributed by atoms with Crippen molar-refractivity contribution in [2.24, 2.45) is 5.84 Å². The Bertz CT molecular complexity index is 573. The van der Waals surface area contributed by atoms with Crippen LogP contribution in [0.1, 0.15) is 26.5 Å². The molecule has 1 heterocycles. The number of aromatic nitrogens is 1. The summed E-state index contributed by atoms with van der Waals surface area (Å²) >= 11 is 0. The van der Waals surface area contributed by atoms with E-state index in [4.69, 9.17) is 10.6 Å². The fourth-order valence-corrected chi connectivity index (χ4v) is 1.84. The highest BCUT2D eigenvalue weighted by Gasteiger charge is 2.17. The summed E-state index contributed by atoms with van der Waals surface area (Å²) in [6, 6.07) is 7.78. The van der Waals surface area contributed by atoms with Gasteiger partial charge in [-0.25, -0.2) is 0 Å². The van der Waals surface area contributed by atoms with Crippen LogP contribution in [0.2, 0.25) is 0 Å². The number of methoxy groups -OCH3 is 1. The van der Waals surface area contributed by atoms with Crippen molar-refractivity contribution in [1.29, 1.82) is 0 Å². The first kappa shape index (κ1) is 12.6. The van der Waals surface area contributed by atoms with E-state index in [1.165, 1.54) is 0 Å². The zero-order chi connectivity index (χ0) is 13.3. The van der Waals surface area contributed by atoms with Gasteiger partial charge in [0.2, 0.25) is 0 Å². The predicted octanol–water partition coefficient (Wildman–Crippen LogP) is 2.83. The lowest BCUT2D eigenvalue weighted by Crippen LogP contribution is -2.16. The molecule has 0 atom stereocenters. The van der Waals surface area contributed by atoms with Crippen molar-refractivity contribution in [2.45, 2.75) is 26.2 Å². The fraction of sp³-hybridized carbons (Fsp3) is 0.357. The third kappa shape index (κ3) is 2.24. The quantitative estimate of drug-likeness (QED) is 0.631. The van der Waals surface area contributed by atoms with Gasteiger partial charge in [-0.2, -0.15) is 0 Å². The van der Waals surface area contributed by atoms with Gasteiger partial charge in [0.05, 0.1) is 18.3 Å². The van der Waals surface area contributed by atoms with Crippen LogP contribution in [0.25, 0.3) is 10.9 Å². The second-order valence-corrected chi connectivity index (χ2v) is 5.33. The number of nitrogens with two attached hydrogens (primary N) is 1. The molecule has 0 aliphatic heterocycles. The van der Waals surface area contributed by atoms with Crippen LogP contribution in [0.5, 0.6) is 5.75 Å². The molecule has 4 heteroatoms. The monoisotopic (exact) mass is 245 g/mol. The molecular formula is C14H19N3O. The number of hydrazine groups is 1. The molecule has 0 saturated carbocycles. The number of anilines is 1. The van der Waals surface area contributed by atoms with E-state index in [2.05, 4.69) is 31.2 Å². The molecule has 0 aliphatic carbocycles. The average Bonchev–Trinajstić information content (AvgIpc) is 2.35. The van der Waals surface area contributed by atoms with E-state index in [0.29, 0.717) is 0 Å². The molecule has 0 aliphatic rings. The number of fused-ring (bicyclic) bond motifs is 1. The molecular weight excluding hydrogens is 226 g/mol. The number of hydrogen-bond acceptors (Lipinski definition) is 4. The van der Waals surface area contributed by atoms with E-state index in [0.717, 1.165) is 28.0 Å². The zero-order valence-corrected chi connectivity index (χ0v) is 11.2. The fourth-order valence-electron chi connectivity index (χ4n) is 1.84. The van der Waals surface area contributed by atoms with Gasteiger partial charge in [0.1, 0.15) is 5.75 Å². The standard InChI is InChI=1S/C14H19N3O/c1-14(2,3)13-8-12(17-15)10-7-9(18-4)5-6-11(10)16-13/h5-8H,15H2,1-4H3,(H,16,17). The van der Waals surface area contributed by atoms with Crippen molar-refractivity contribution in [2.75, 3.05) is 12.5 Å². The van der Waals surface area contributed by atoms with Gasteiger partial charge >= 0.3 is 0 Å². The number of pyridine rings is 1. The first-order valence-electron chi connectivity index (χ1n) is 5.91. The van der Waals surface area contributed by atoms with Crippen LogP contribution >= 0.6 is 0 Å². The third-order valence-electron chi connectivity index (χ3n) is 2.94. The van der Waals surface area contributed by atoms with E-state index in [-0.39, 0.29) is 5.41 Å². The molecule has 18 heavy (non-hydrogen) atoms. The minimum absolute atomic E-state index is 0.0142. The molecule has 0 radical (unpaired) electrons. The number of ether oxygens (including phenoxy) is 1. The molecule has 0 fully saturated rings. The van der Waals surface area contributed by atoms with E-state index >= 15 is 0 Å². The topological polar surface area (TPSA) is 60.2 Å². The Kier molecular flexibility index (Phi) is 3.13. The van der Waals surface area contributed by atoms with E-state index in [9.17, 15) is 0 Å². The molecule has 2 rings (SSSR count). The summed E-state index contributed by atoms with van der Waals surface area (Å²) in [5.41, 5.74) is 5.51. The SMILES string of the molecule is COc1ccc2nc(C(C)(C)C)cc(NN)c2c1. The van der Waals surface area contributed by atoms with Crippen molar-refractivity contribution in [3.63, 3.8) is 0 Å². The molecule has 0 amide bonds. The molecule has 0 bridgehead atoms. The Morgan fingerprint density at radius 3 is 2.50 bits per heavy atom. The van der Waals surface area contributed by atoms with E-state index in [1.807, 2.05) is 24.3 Å². The Morgan fingerprint density at radius 2 is 1.94 bits per heavy atom. The van der Waals surface area contributed by atoms with E-state index < -0.39 is 0 Å². The summed E-state index contributed by atoms with van der Waals surface area (Å²) in [5.74, 6) is 6.40. The normalized spacial score (nSPS) is 11.6. The van der Waals surface area contributed by atoms with Crippen molar-refractivity contribution < 1.29 is 4.74 Å². The minimum atomic E-state index is -0.0142. The number of benzene rings is 1. The lowest BCUT2D eigenvalue weighted by atomic mass is 9.91. The lowest BCUT2D eigenvalue weighted by Gasteiger charge is -2.20. The highest BCUT2D eigenvalue weighted by Crippen LogP contribution is 2.30. The predicted molar refractivity (Wildman–Crippen MR) is 74.8 cm³/mol. The maximum absolute atomic E-state index is 5.60. The van der Waals surface area contributed by atoms with Crippen LogP contribution in [0.4, 0.5) is 5.69 Å². The van der Waals surface area contributed by atoms with Crippen LogP contribution in [-0.2, 0) is 5.41 Å². The molecule has 3 N–H and O–H groups in total. The average molecular weight is 245 g/mol. The van der Waals surface area contributed by atoms with Gasteiger partial charge in [-0.05, 0) is 24.3 Å². The summed E-state index contributed by atoms with van der Waals surface area (Å²) in [4.78, 5) is 4.68. The highest BCUT2D eigenvalue weighted by atomic mass is 16.5. The Labute approximate surface area is 107 Å². The van der Waals surface area contributed by atoms with Gasteiger partial charge in [0, 0.05) is 16.5 Å². The third-order valence-corrected chi connectivity index (χ3v) is 2.94. The zero-order valence-electron chi connectivity index (χ0n) is 11.2. The molecule has 96 valence electrons. The summed E-state index contributed by atoms with van der Waals surface area (Å²) in [6.45, 7) is 6.39. The first-order valence-corrected chi connectivity index (χ1v) is 5.91. The Balaban J connectivity index is 2.71. The molecule has 2 aromatic rings. The second-order valence-electron chi connectivity index (χ2n) is 5.33. The maximum atomic E-state index is 5.60. The van der Waals surface area contributed by atoms with Gasteiger partial charge in [0.25, 0.3) is 0 Å². The van der Waals surface area contributed by atoms with Crippen LogP contribution in [0.15, 0.2) is 24.3 Å². The number of nitrogens with one attached hydrogen (secondary N) is 1. The van der Waals surface area contributed by atoms with Crippen molar-refractivity contribution >= 4 is 16.6 Å². The number of rotatable bonds is 2. The van der Waals surface area contributed by atoms with Crippen molar-refractivity contribution in [3.05, 3.63) is 30.0 Å². The van der Waals surface area contributed by atoms with Gasteiger partial charge in [0.15, 0.2) is 0 Å². The largest absolute Gasteiger partial charge is 0.497 e. The summed E-state index contributed by atoms with van der Waals surface area (Å²) in [7, 11) is 1.65. The van der Waals surface area contributed by atoms with Crippen LogP contribution in [-0.4, -0.2) is 12.1 Å². The van der Waals surface area contributed by atoms with Crippen LogP contribution in [0, 0.1) is 0 Å². The summed E-state index contributed by atoms with van der Waals surface area (Å²) < 4.78 is 5.22.